The molecule has 0 fully saturated rings. The monoisotopic (exact) mass is 282 g/mol. The molecule has 1 aromatic heterocycles. The molecule has 0 radical (unpaired) electrons. The molecule has 108 valence electrons. The number of aryl methyl sites for hydroxylation is 1. The second-order valence-corrected chi connectivity index (χ2v) is 5.66. The molecule has 1 rings (SSSR count). The van der Waals surface area contributed by atoms with Crippen LogP contribution < -0.4 is 10.6 Å². The van der Waals surface area contributed by atoms with E-state index in [0.717, 1.165) is 31.9 Å². The zero-order chi connectivity index (χ0) is 13.9. The van der Waals surface area contributed by atoms with Gasteiger partial charge in [-0.05, 0) is 12.8 Å². The number of nitrogens with zero attached hydrogens (tertiary/aromatic N) is 2. The third-order valence-corrected chi connectivity index (χ3v) is 4.08. The molecule has 0 amide bonds. The Hall–Kier alpha value is -1.10. The minimum atomic E-state index is 0.879. The summed E-state index contributed by atoms with van der Waals surface area (Å²) in [5.41, 5.74) is 0. The van der Waals surface area contributed by atoms with Crippen LogP contribution in [0.2, 0.25) is 0 Å². The molecule has 0 atom stereocenters. The number of hydrogen-bond acceptors (Lipinski definition) is 3. The predicted octanol–water partition coefficient (Wildman–Crippen LogP) is 2.60. The van der Waals surface area contributed by atoms with Crippen LogP contribution in [-0.4, -0.2) is 31.1 Å². The number of rotatable bonds is 8. The maximum absolute atomic E-state index is 4.41. The van der Waals surface area contributed by atoms with E-state index in [1.807, 2.05) is 13.2 Å². The fourth-order valence-corrected chi connectivity index (χ4v) is 2.58. The number of hydrogen-bond donors (Lipinski definition) is 2. The van der Waals surface area contributed by atoms with Gasteiger partial charge < -0.3 is 10.6 Å². The summed E-state index contributed by atoms with van der Waals surface area (Å²) < 4.78 is 0. The molecule has 4 nitrogen and oxygen atoms in total. The van der Waals surface area contributed by atoms with E-state index in [0.29, 0.717) is 0 Å². The number of aliphatic imine (C=N–C) groups is 1. The van der Waals surface area contributed by atoms with Gasteiger partial charge in [-0.15, -0.1) is 11.3 Å². The third-order valence-electron chi connectivity index (χ3n) is 2.88. The van der Waals surface area contributed by atoms with Gasteiger partial charge in [0.1, 0.15) is 0 Å². The first kappa shape index (κ1) is 16.0. The summed E-state index contributed by atoms with van der Waals surface area (Å²) in [7, 11) is 1.81. The van der Waals surface area contributed by atoms with Crippen molar-refractivity contribution in [2.45, 2.75) is 46.0 Å². The number of guanidine groups is 1. The highest BCUT2D eigenvalue weighted by Gasteiger charge is 2.01. The van der Waals surface area contributed by atoms with Crippen LogP contribution in [0.25, 0.3) is 0 Å². The van der Waals surface area contributed by atoms with E-state index in [1.54, 1.807) is 11.3 Å². The minimum absolute atomic E-state index is 0.879. The van der Waals surface area contributed by atoms with Gasteiger partial charge in [-0.25, -0.2) is 4.98 Å². The van der Waals surface area contributed by atoms with E-state index >= 15 is 0 Å². The number of thiazole rings is 1. The molecule has 0 aromatic carbocycles. The molecule has 5 heteroatoms. The number of nitrogens with one attached hydrogen (secondary N) is 2. The Balaban J connectivity index is 2.18. The zero-order valence-electron chi connectivity index (χ0n) is 12.3. The maximum atomic E-state index is 4.41. The second-order valence-electron chi connectivity index (χ2n) is 4.46. The lowest BCUT2D eigenvalue weighted by Gasteiger charge is -2.10. The fourth-order valence-electron chi connectivity index (χ4n) is 1.72. The minimum Gasteiger partial charge on any atom is -0.356 e. The molecule has 0 saturated heterocycles. The van der Waals surface area contributed by atoms with Crippen LogP contribution in [0.3, 0.4) is 0 Å². The van der Waals surface area contributed by atoms with E-state index in [-0.39, 0.29) is 0 Å². The lowest BCUT2D eigenvalue weighted by molar-refractivity contribution is 0.682. The highest BCUT2D eigenvalue weighted by atomic mass is 32.1. The first-order valence-electron chi connectivity index (χ1n) is 7.18. The van der Waals surface area contributed by atoms with Crippen LogP contribution in [0.15, 0.2) is 11.2 Å². The molecule has 0 aliphatic rings. The molecule has 0 aliphatic heterocycles. The standard InChI is InChI=1S/C14H26N4S/c1-4-6-7-9-16-14(15-3)17-10-8-13-18-11-12(5-2)19-13/h11H,4-10H2,1-3H3,(H2,15,16,17). The zero-order valence-corrected chi connectivity index (χ0v) is 13.1. The average Bonchev–Trinajstić information content (AvgIpc) is 2.89. The highest BCUT2D eigenvalue weighted by Crippen LogP contribution is 2.13. The van der Waals surface area contributed by atoms with Crippen LogP contribution in [0.4, 0.5) is 0 Å². The highest BCUT2D eigenvalue weighted by molar-refractivity contribution is 7.11. The van der Waals surface area contributed by atoms with Crippen LogP contribution in [0.5, 0.6) is 0 Å². The van der Waals surface area contributed by atoms with E-state index in [9.17, 15) is 0 Å². The molecular formula is C14H26N4S. The molecule has 0 unspecified atom stereocenters. The summed E-state index contributed by atoms with van der Waals surface area (Å²) in [6, 6.07) is 0. The van der Waals surface area contributed by atoms with Crippen LogP contribution in [-0.2, 0) is 12.8 Å². The molecule has 0 spiro atoms. The molecule has 1 aromatic rings. The Morgan fingerprint density at radius 2 is 2.05 bits per heavy atom. The van der Waals surface area contributed by atoms with Gasteiger partial charge in [0.05, 0.1) is 5.01 Å². The van der Waals surface area contributed by atoms with E-state index in [1.165, 1.54) is 29.1 Å². The molecular weight excluding hydrogens is 256 g/mol. The van der Waals surface area contributed by atoms with Gasteiger partial charge in [0.2, 0.25) is 0 Å². The van der Waals surface area contributed by atoms with Gasteiger partial charge in [-0.2, -0.15) is 0 Å². The Kier molecular flexibility index (Phi) is 8.21. The van der Waals surface area contributed by atoms with Gasteiger partial charge >= 0.3 is 0 Å². The first-order valence-corrected chi connectivity index (χ1v) is 7.99. The largest absolute Gasteiger partial charge is 0.356 e. The van der Waals surface area contributed by atoms with E-state index in [2.05, 4.69) is 34.5 Å². The quantitative estimate of drug-likeness (QED) is 0.438. The van der Waals surface area contributed by atoms with Crippen molar-refractivity contribution in [1.29, 1.82) is 0 Å². The van der Waals surface area contributed by atoms with Crippen LogP contribution in [0.1, 0.15) is 43.0 Å². The molecule has 2 N–H and O–H groups in total. The SMILES string of the molecule is CCCCCNC(=NC)NCCc1ncc(CC)s1. The average molecular weight is 282 g/mol. The lowest BCUT2D eigenvalue weighted by Crippen LogP contribution is -2.38. The smallest absolute Gasteiger partial charge is 0.190 e. The molecule has 0 bridgehead atoms. The van der Waals surface area contributed by atoms with Crippen LogP contribution >= 0.6 is 11.3 Å². The summed E-state index contributed by atoms with van der Waals surface area (Å²) in [4.78, 5) is 9.99. The molecule has 1 heterocycles. The number of unbranched alkanes of at least 4 members (excludes halogenated alkanes) is 2. The summed E-state index contributed by atoms with van der Waals surface area (Å²) >= 11 is 1.81. The predicted molar refractivity (Wildman–Crippen MR) is 84.1 cm³/mol. The van der Waals surface area contributed by atoms with Crippen molar-refractivity contribution in [3.63, 3.8) is 0 Å². The van der Waals surface area contributed by atoms with E-state index < -0.39 is 0 Å². The Morgan fingerprint density at radius 1 is 1.26 bits per heavy atom. The summed E-state index contributed by atoms with van der Waals surface area (Å²) in [6.07, 6.45) is 7.73. The first-order chi connectivity index (χ1) is 9.30. The topological polar surface area (TPSA) is 49.3 Å². The van der Waals surface area contributed by atoms with E-state index in [4.69, 9.17) is 0 Å². The third kappa shape index (κ3) is 6.57. The second kappa shape index (κ2) is 9.78. The normalized spacial score (nSPS) is 11.6. The van der Waals surface area contributed by atoms with Gasteiger partial charge in [0.25, 0.3) is 0 Å². The van der Waals surface area contributed by atoms with Crippen molar-refractivity contribution in [3.05, 3.63) is 16.1 Å². The molecule has 0 saturated carbocycles. The van der Waals surface area contributed by atoms with Crippen molar-refractivity contribution >= 4 is 17.3 Å². The van der Waals surface area contributed by atoms with Crippen molar-refractivity contribution in [3.8, 4) is 0 Å². The lowest BCUT2D eigenvalue weighted by atomic mass is 10.2. The summed E-state index contributed by atoms with van der Waals surface area (Å²) in [6.45, 7) is 6.25. The van der Waals surface area contributed by atoms with Crippen LogP contribution in [0, 0.1) is 0 Å². The van der Waals surface area contributed by atoms with Gasteiger partial charge in [0, 0.05) is 37.6 Å². The summed E-state index contributed by atoms with van der Waals surface area (Å²) in [5, 5.41) is 7.86. The Bertz CT molecular complexity index is 373. The number of aromatic nitrogens is 1. The van der Waals surface area contributed by atoms with Crippen molar-refractivity contribution < 1.29 is 0 Å². The van der Waals surface area contributed by atoms with Crippen molar-refractivity contribution in [2.75, 3.05) is 20.1 Å². The van der Waals surface area contributed by atoms with Gasteiger partial charge in [0.15, 0.2) is 5.96 Å². The van der Waals surface area contributed by atoms with Crippen molar-refractivity contribution in [2.24, 2.45) is 4.99 Å². The summed E-state index contributed by atoms with van der Waals surface area (Å²) in [5.74, 6) is 0.892. The Morgan fingerprint density at radius 3 is 2.68 bits per heavy atom. The Labute approximate surface area is 120 Å². The molecule has 19 heavy (non-hydrogen) atoms. The van der Waals surface area contributed by atoms with Gasteiger partial charge in [-0.1, -0.05) is 26.7 Å². The van der Waals surface area contributed by atoms with Gasteiger partial charge in [-0.3, -0.25) is 4.99 Å². The fraction of sp³-hybridized carbons (Fsp3) is 0.714. The molecule has 0 aliphatic carbocycles. The maximum Gasteiger partial charge on any atom is 0.190 e. The van der Waals surface area contributed by atoms with Crippen molar-refractivity contribution in [1.82, 2.24) is 15.6 Å².